The van der Waals surface area contributed by atoms with Crippen molar-refractivity contribution in [1.82, 2.24) is 9.97 Å². The van der Waals surface area contributed by atoms with Crippen LogP contribution in [0.1, 0.15) is 11.3 Å². The SMILES string of the molecule is Cc1nc(S(C)(=O)=O)nc(N)c1C. The Morgan fingerprint density at radius 2 is 1.77 bits per heavy atom. The molecular formula is C7H11N3O2S. The lowest BCUT2D eigenvalue weighted by atomic mass is 10.2. The van der Waals surface area contributed by atoms with Crippen molar-refractivity contribution < 1.29 is 8.42 Å². The highest BCUT2D eigenvalue weighted by Gasteiger charge is 2.13. The highest BCUT2D eigenvalue weighted by molar-refractivity contribution is 7.90. The molecule has 13 heavy (non-hydrogen) atoms. The van der Waals surface area contributed by atoms with Crippen LogP contribution in [0.2, 0.25) is 0 Å². The molecule has 1 rings (SSSR count). The van der Waals surface area contributed by atoms with E-state index < -0.39 is 9.84 Å². The summed E-state index contributed by atoms with van der Waals surface area (Å²) in [4.78, 5) is 7.51. The number of aryl methyl sites for hydroxylation is 1. The topological polar surface area (TPSA) is 85.9 Å². The lowest BCUT2D eigenvalue weighted by Gasteiger charge is -2.04. The molecule has 0 radical (unpaired) electrons. The molecule has 0 unspecified atom stereocenters. The van der Waals surface area contributed by atoms with Crippen LogP contribution in [0.3, 0.4) is 0 Å². The van der Waals surface area contributed by atoms with Crippen molar-refractivity contribution in [2.45, 2.75) is 19.0 Å². The van der Waals surface area contributed by atoms with Gasteiger partial charge in [0.2, 0.25) is 15.0 Å². The predicted molar refractivity (Wildman–Crippen MR) is 49.0 cm³/mol. The normalized spacial score (nSPS) is 11.6. The number of hydrogen-bond donors (Lipinski definition) is 1. The second-order valence-corrected chi connectivity index (χ2v) is 4.78. The number of nitrogens with zero attached hydrogens (tertiary/aromatic N) is 2. The van der Waals surface area contributed by atoms with E-state index in [1.807, 2.05) is 0 Å². The number of nitrogens with two attached hydrogens (primary N) is 1. The van der Waals surface area contributed by atoms with E-state index >= 15 is 0 Å². The number of hydrogen-bond acceptors (Lipinski definition) is 5. The molecule has 0 amide bonds. The summed E-state index contributed by atoms with van der Waals surface area (Å²) in [5, 5.41) is -0.215. The Bertz CT molecular complexity index is 416. The van der Waals surface area contributed by atoms with Crippen LogP contribution in [0.15, 0.2) is 5.16 Å². The molecule has 1 aromatic heterocycles. The molecule has 0 aromatic carbocycles. The molecule has 0 bridgehead atoms. The summed E-state index contributed by atoms with van der Waals surface area (Å²) in [6.45, 7) is 3.44. The van der Waals surface area contributed by atoms with Crippen molar-refractivity contribution in [2.75, 3.05) is 12.0 Å². The number of nitrogen functional groups attached to an aromatic ring is 1. The third-order valence-electron chi connectivity index (χ3n) is 1.74. The number of rotatable bonds is 1. The van der Waals surface area contributed by atoms with Crippen LogP contribution in [0.25, 0.3) is 0 Å². The van der Waals surface area contributed by atoms with Crippen LogP contribution < -0.4 is 5.73 Å². The Balaban J connectivity index is 3.47. The maximum absolute atomic E-state index is 11.1. The molecule has 2 N–H and O–H groups in total. The standard InChI is InChI=1S/C7H11N3O2S/c1-4-5(2)9-7(10-6(4)8)13(3,11)12/h1-3H3,(H2,8,9,10). The third kappa shape index (κ3) is 1.95. The molecular weight excluding hydrogens is 190 g/mol. The zero-order valence-corrected chi connectivity index (χ0v) is 8.51. The molecule has 1 heterocycles. The first-order chi connectivity index (χ1) is 5.82. The third-order valence-corrected chi connectivity index (χ3v) is 2.58. The first-order valence-electron chi connectivity index (χ1n) is 3.63. The van der Waals surface area contributed by atoms with E-state index in [1.165, 1.54) is 0 Å². The van der Waals surface area contributed by atoms with E-state index in [-0.39, 0.29) is 11.0 Å². The predicted octanol–water partition coefficient (Wildman–Crippen LogP) is 0.0791. The first kappa shape index (κ1) is 9.91. The monoisotopic (exact) mass is 201 g/mol. The minimum absolute atomic E-state index is 0.215. The van der Waals surface area contributed by atoms with Crippen molar-refractivity contribution in [3.63, 3.8) is 0 Å². The Labute approximate surface area is 76.9 Å². The van der Waals surface area contributed by atoms with Crippen molar-refractivity contribution in [3.8, 4) is 0 Å². The van der Waals surface area contributed by atoms with Crippen molar-refractivity contribution in [3.05, 3.63) is 11.3 Å². The summed E-state index contributed by atoms with van der Waals surface area (Å²) in [6, 6.07) is 0. The molecule has 0 saturated carbocycles. The lowest BCUT2D eigenvalue weighted by molar-refractivity contribution is 0.592. The van der Waals surface area contributed by atoms with Crippen LogP contribution in [-0.4, -0.2) is 24.6 Å². The Kier molecular flexibility index (Phi) is 2.25. The van der Waals surface area contributed by atoms with E-state index in [4.69, 9.17) is 5.73 Å². The fraction of sp³-hybridized carbons (Fsp3) is 0.429. The highest BCUT2D eigenvalue weighted by atomic mass is 32.2. The van der Waals surface area contributed by atoms with Gasteiger partial charge in [0, 0.05) is 17.5 Å². The summed E-state index contributed by atoms with van der Waals surface area (Å²) in [7, 11) is -3.37. The first-order valence-corrected chi connectivity index (χ1v) is 5.52. The van der Waals surface area contributed by atoms with E-state index in [2.05, 4.69) is 9.97 Å². The molecule has 0 aliphatic heterocycles. The number of sulfone groups is 1. The summed E-state index contributed by atoms with van der Waals surface area (Å²) >= 11 is 0. The quantitative estimate of drug-likeness (QED) is 0.650. The van der Waals surface area contributed by atoms with E-state index in [0.717, 1.165) is 6.26 Å². The fourth-order valence-corrected chi connectivity index (χ4v) is 1.36. The average molecular weight is 201 g/mol. The second-order valence-electron chi connectivity index (χ2n) is 2.87. The van der Waals surface area contributed by atoms with Gasteiger partial charge in [0.25, 0.3) is 0 Å². The van der Waals surface area contributed by atoms with Crippen molar-refractivity contribution >= 4 is 15.7 Å². The van der Waals surface area contributed by atoms with Gasteiger partial charge < -0.3 is 5.73 Å². The number of anilines is 1. The van der Waals surface area contributed by atoms with Gasteiger partial charge in [-0.25, -0.2) is 18.4 Å². The van der Waals surface area contributed by atoms with Gasteiger partial charge in [0.1, 0.15) is 5.82 Å². The maximum Gasteiger partial charge on any atom is 0.248 e. The van der Waals surface area contributed by atoms with Gasteiger partial charge in [-0.1, -0.05) is 0 Å². The lowest BCUT2D eigenvalue weighted by Crippen LogP contribution is -2.09. The Morgan fingerprint density at radius 1 is 1.23 bits per heavy atom. The maximum atomic E-state index is 11.1. The molecule has 0 saturated heterocycles. The largest absolute Gasteiger partial charge is 0.383 e. The molecule has 0 spiro atoms. The van der Waals surface area contributed by atoms with Gasteiger partial charge in [0.05, 0.1) is 0 Å². The summed E-state index contributed by atoms with van der Waals surface area (Å²) in [5.41, 5.74) is 6.81. The van der Waals surface area contributed by atoms with Crippen molar-refractivity contribution in [1.29, 1.82) is 0 Å². The minimum atomic E-state index is -3.37. The van der Waals surface area contributed by atoms with Gasteiger partial charge in [0.15, 0.2) is 0 Å². The van der Waals surface area contributed by atoms with Gasteiger partial charge >= 0.3 is 0 Å². The molecule has 5 nitrogen and oxygen atoms in total. The summed E-state index contributed by atoms with van der Waals surface area (Å²) in [5.74, 6) is 0.216. The van der Waals surface area contributed by atoms with Gasteiger partial charge in [-0.15, -0.1) is 0 Å². The molecule has 72 valence electrons. The summed E-state index contributed by atoms with van der Waals surface area (Å²) < 4.78 is 22.1. The van der Waals surface area contributed by atoms with E-state index in [9.17, 15) is 8.42 Å². The fourth-order valence-electron chi connectivity index (χ4n) is 0.790. The smallest absolute Gasteiger partial charge is 0.248 e. The van der Waals surface area contributed by atoms with Crippen LogP contribution in [0.5, 0.6) is 0 Å². The molecule has 0 atom stereocenters. The van der Waals surface area contributed by atoms with Crippen LogP contribution in [-0.2, 0) is 9.84 Å². The molecule has 0 fully saturated rings. The minimum Gasteiger partial charge on any atom is -0.383 e. The molecule has 0 aliphatic rings. The van der Waals surface area contributed by atoms with Crippen LogP contribution in [0.4, 0.5) is 5.82 Å². The zero-order valence-electron chi connectivity index (χ0n) is 7.70. The van der Waals surface area contributed by atoms with Crippen molar-refractivity contribution in [2.24, 2.45) is 0 Å². The second kappa shape index (κ2) is 2.95. The van der Waals surface area contributed by atoms with Crippen LogP contribution in [0, 0.1) is 13.8 Å². The Morgan fingerprint density at radius 3 is 2.15 bits per heavy atom. The molecule has 0 aliphatic carbocycles. The zero-order chi connectivity index (χ0) is 10.2. The average Bonchev–Trinajstić information content (AvgIpc) is 1.97. The Hall–Kier alpha value is -1.17. The van der Waals surface area contributed by atoms with Crippen LogP contribution >= 0.6 is 0 Å². The molecule has 1 aromatic rings. The summed E-state index contributed by atoms with van der Waals surface area (Å²) in [6.07, 6.45) is 1.05. The molecule has 6 heteroatoms. The number of aromatic nitrogens is 2. The van der Waals surface area contributed by atoms with Gasteiger partial charge in [-0.3, -0.25) is 0 Å². The van der Waals surface area contributed by atoms with E-state index in [0.29, 0.717) is 11.3 Å². The van der Waals surface area contributed by atoms with Gasteiger partial charge in [-0.2, -0.15) is 0 Å². The van der Waals surface area contributed by atoms with Gasteiger partial charge in [-0.05, 0) is 13.8 Å². The highest BCUT2D eigenvalue weighted by Crippen LogP contribution is 2.13. The van der Waals surface area contributed by atoms with E-state index in [1.54, 1.807) is 13.8 Å².